The Bertz CT molecular complexity index is 140. The summed E-state index contributed by atoms with van der Waals surface area (Å²) in [6, 6.07) is 0.347. The molecule has 0 heterocycles. The van der Waals surface area contributed by atoms with Crippen LogP contribution in [0.5, 0.6) is 0 Å². The van der Waals surface area contributed by atoms with Crippen molar-refractivity contribution >= 4 is 0 Å². The highest BCUT2D eigenvalue weighted by Crippen LogP contribution is 2.36. The van der Waals surface area contributed by atoms with Gasteiger partial charge in [-0.25, -0.2) is 0 Å². The smallest absolute Gasteiger partial charge is 0.00106 e. The standard InChI is InChI=1S/C12H27N.2C2H6/c1-10(13)7-8-12(5,6)9-11(2,3)4;2*1-2/h10H,7-9,13H2,1-6H3;2*1-2H3. The zero-order valence-electron chi connectivity index (χ0n) is 14.3. The second-order valence-electron chi connectivity index (χ2n) is 6.42. The first kappa shape index (κ1) is 22.2. The summed E-state index contributed by atoms with van der Waals surface area (Å²) < 4.78 is 0. The average molecular weight is 245 g/mol. The molecular weight excluding hydrogens is 206 g/mol. The van der Waals surface area contributed by atoms with E-state index in [4.69, 9.17) is 5.73 Å². The van der Waals surface area contributed by atoms with Gasteiger partial charge in [-0.1, -0.05) is 62.3 Å². The maximum absolute atomic E-state index is 5.76. The van der Waals surface area contributed by atoms with Gasteiger partial charge in [-0.15, -0.1) is 0 Å². The maximum Gasteiger partial charge on any atom is 0.00106 e. The quantitative estimate of drug-likeness (QED) is 0.682. The zero-order valence-corrected chi connectivity index (χ0v) is 14.3. The number of hydrogen-bond acceptors (Lipinski definition) is 1. The lowest BCUT2D eigenvalue weighted by molar-refractivity contribution is 0.192. The van der Waals surface area contributed by atoms with Crippen LogP contribution in [0.4, 0.5) is 0 Å². The van der Waals surface area contributed by atoms with Crippen LogP contribution >= 0.6 is 0 Å². The predicted octanol–water partition coefficient (Wildman–Crippen LogP) is 5.63. The minimum Gasteiger partial charge on any atom is -0.328 e. The monoisotopic (exact) mass is 245 g/mol. The molecule has 17 heavy (non-hydrogen) atoms. The molecule has 0 aromatic heterocycles. The van der Waals surface area contributed by atoms with E-state index in [0.29, 0.717) is 16.9 Å². The van der Waals surface area contributed by atoms with Crippen molar-refractivity contribution in [1.29, 1.82) is 0 Å². The molecule has 0 spiro atoms. The number of rotatable bonds is 4. The molecule has 0 amide bonds. The Hall–Kier alpha value is -0.0400. The lowest BCUT2D eigenvalue weighted by atomic mass is 9.73. The van der Waals surface area contributed by atoms with Gasteiger partial charge < -0.3 is 5.73 Å². The molecule has 1 nitrogen and oxygen atoms in total. The van der Waals surface area contributed by atoms with E-state index in [-0.39, 0.29) is 0 Å². The molecule has 0 radical (unpaired) electrons. The van der Waals surface area contributed by atoms with E-state index in [9.17, 15) is 0 Å². The van der Waals surface area contributed by atoms with Crippen molar-refractivity contribution in [3.05, 3.63) is 0 Å². The van der Waals surface area contributed by atoms with Gasteiger partial charge in [0.1, 0.15) is 0 Å². The lowest BCUT2D eigenvalue weighted by Crippen LogP contribution is -2.24. The summed E-state index contributed by atoms with van der Waals surface area (Å²) in [7, 11) is 0. The molecule has 0 aliphatic rings. The third-order valence-corrected chi connectivity index (χ3v) is 2.29. The summed E-state index contributed by atoms with van der Waals surface area (Å²) in [5.74, 6) is 0. The molecule has 0 saturated heterocycles. The Morgan fingerprint density at radius 2 is 1.24 bits per heavy atom. The molecule has 0 aromatic carbocycles. The Labute approximate surface area is 112 Å². The molecular formula is C16H39N. The molecule has 0 bridgehead atoms. The van der Waals surface area contributed by atoms with Gasteiger partial charge in [-0.2, -0.15) is 0 Å². The normalized spacial score (nSPS) is 12.9. The van der Waals surface area contributed by atoms with Crippen LogP contribution in [0, 0.1) is 10.8 Å². The highest BCUT2D eigenvalue weighted by atomic mass is 14.6. The Kier molecular flexibility index (Phi) is 14.4. The van der Waals surface area contributed by atoms with E-state index in [1.54, 1.807) is 0 Å². The Balaban J connectivity index is -0.000000439. The van der Waals surface area contributed by atoms with Crippen LogP contribution < -0.4 is 5.73 Å². The van der Waals surface area contributed by atoms with Crippen LogP contribution in [0.3, 0.4) is 0 Å². The van der Waals surface area contributed by atoms with Gasteiger partial charge in [0, 0.05) is 6.04 Å². The van der Waals surface area contributed by atoms with Crippen LogP contribution in [-0.4, -0.2) is 6.04 Å². The van der Waals surface area contributed by atoms with Gasteiger partial charge >= 0.3 is 0 Å². The van der Waals surface area contributed by atoms with Crippen molar-refractivity contribution in [3.8, 4) is 0 Å². The lowest BCUT2D eigenvalue weighted by Gasteiger charge is -2.33. The second-order valence-corrected chi connectivity index (χ2v) is 6.42. The molecule has 0 aliphatic carbocycles. The first-order valence-electron chi connectivity index (χ1n) is 7.38. The molecule has 0 saturated carbocycles. The van der Waals surface area contributed by atoms with Gasteiger partial charge in [-0.05, 0) is 37.0 Å². The van der Waals surface area contributed by atoms with Crippen LogP contribution in [0.25, 0.3) is 0 Å². The van der Waals surface area contributed by atoms with E-state index in [1.807, 2.05) is 27.7 Å². The molecule has 108 valence electrons. The van der Waals surface area contributed by atoms with Crippen LogP contribution in [0.1, 0.15) is 88.5 Å². The molecule has 1 heteroatoms. The van der Waals surface area contributed by atoms with Gasteiger partial charge in [0.15, 0.2) is 0 Å². The molecule has 1 unspecified atom stereocenters. The third kappa shape index (κ3) is 21.7. The van der Waals surface area contributed by atoms with Crippen molar-refractivity contribution in [1.82, 2.24) is 0 Å². The van der Waals surface area contributed by atoms with E-state index in [0.717, 1.165) is 6.42 Å². The SMILES string of the molecule is CC.CC.CC(N)CCC(C)(C)CC(C)(C)C. The molecule has 0 fully saturated rings. The second kappa shape index (κ2) is 11.1. The predicted molar refractivity (Wildman–Crippen MR) is 83.4 cm³/mol. The van der Waals surface area contributed by atoms with Crippen molar-refractivity contribution in [2.75, 3.05) is 0 Å². The summed E-state index contributed by atoms with van der Waals surface area (Å²) in [5, 5.41) is 0. The highest BCUT2D eigenvalue weighted by Gasteiger charge is 2.25. The van der Waals surface area contributed by atoms with Crippen LogP contribution in [0.15, 0.2) is 0 Å². The van der Waals surface area contributed by atoms with Crippen molar-refractivity contribution in [2.24, 2.45) is 16.6 Å². The van der Waals surface area contributed by atoms with E-state index in [2.05, 4.69) is 41.5 Å². The fourth-order valence-corrected chi connectivity index (χ4v) is 2.14. The van der Waals surface area contributed by atoms with E-state index in [1.165, 1.54) is 12.8 Å². The highest BCUT2D eigenvalue weighted by molar-refractivity contribution is 4.77. The minimum absolute atomic E-state index is 0.347. The fraction of sp³-hybridized carbons (Fsp3) is 1.00. The van der Waals surface area contributed by atoms with Crippen LogP contribution in [-0.2, 0) is 0 Å². The summed E-state index contributed by atoms with van der Waals surface area (Å²) in [4.78, 5) is 0. The largest absolute Gasteiger partial charge is 0.328 e. The summed E-state index contributed by atoms with van der Waals surface area (Å²) >= 11 is 0. The third-order valence-electron chi connectivity index (χ3n) is 2.29. The van der Waals surface area contributed by atoms with Crippen molar-refractivity contribution < 1.29 is 0 Å². The minimum atomic E-state index is 0.347. The first-order chi connectivity index (χ1) is 7.62. The topological polar surface area (TPSA) is 26.0 Å². The van der Waals surface area contributed by atoms with Gasteiger partial charge in [-0.3, -0.25) is 0 Å². The zero-order chi connectivity index (χ0) is 14.7. The Morgan fingerprint density at radius 1 is 0.882 bits per heavy atom. The summed E-state index contributed by atoms with van der Waals surface area (Å²) in [6.07, 6.45) is 3.65. The van der Waals surface area contributed by atoms with Gasteiger partial charge in [0.25, 0.3) is 0 Å². The maximum atomic E-state index is 5.76. The molecule has 1 atom stereocenters. The number of hydrogen-bond donors (Lipinski definition) is 1. The van der Waals surface area contributed by atoms with Crippen molar-refractivity contribution in [2.45, 2.75) is 94.5 Å². The average Bonchev–Trinajstić information content (AvgIpc) is 2.18. The van der Waals surface area contributed by atoms with Crippen LogP contribution in [0.2, 0.25) is 0 Å². The molecule has 0 aliphatic heterocycles. The summed E-state index contributed by atoms with van der Waals surface area (Å²) in [5.41, 5.74) is 6.63. The fourth-order valence-electron chi connectivity index (χ4n) is 2.14. The van der Waals surface area contributed by atoms with Gasteiger partial charge in [0.05, 0.1) is 0 Å². The van der Waals surface area contributed by atoms with E-state index < -0.39 is 0 Å². The van der Waals surface area contributed by atoms with E-state index >= 15 is 0 Å². The Morgan fingerprint density at radius 3 is 1.47 bits per heavy atom. The number of nitrogens with two attached hydrogens (primary N) is 1. The molecule has 2 N–H and O–H groups in total. The molecule has 0 aromatic rings. The molecule has 0 rings (SSSR count). The van der Waals surface area contributed by atoms with Crippen molar-refractivity contribution in [3.63, 3.8) is 0 Å². The first-order valence-corrected chi connectivity index (χ1v) is 7.38. The van der Waals surface area contributed by atoms with Gasteiger partial charge in [0.2, 0.25) is 0 Å². The summed E-state index contributed by atoms with van der Waals surface area (Å²) in [6.45, 7) is 21.7.